The number of nitrogens with one attached hydrogen (secondary N) is 1. The monoisotopic (exact) mass is 416 g/mol. The molecule has 0 radical (unpaired) electrons. The quantitative estimate of drug-likeness (QED) is 0.478. The molecule has 4 rings (SSSR count). The average molecular weight is 416 g/mol. The van der Waals surface area contributed by atoms with Crippen molar-refractivity contribution in [3.05, 3.63) is 72.4 Å². The van der Waals surface area contributed by atoms with Crippen LogP contribution in [0.5, 0.6) is 11.6 Å². The van der Waals surface area contributed by atoms with Crippen molar-refractivity contribution in [3.8, 4) is 22.9 Å². The normalized spacial score (nSPS) is 11.8. The molecule has 0 bridgehead atoms. The van der Waals surface area contributed by atoms with Crippen LogP contribution in [0.1, 0.15) is 24.8 Å². The Hall–Kier alpha value is -3.87. The molecule has 0 saturated carbocycles. The highest BCUT2D eigenvalue weighted by molar-refractivity contribution is 5.97. The molecule has 2 aromatic carbocycles. The van der Waals surface area contributed by atoms with Crippen LogP contribution in [0, 0.1) is 0 Å². The van der Waals surface area contributed by atoms with Crippen molar-refractivity contribution in [3.63, 3.8) is 0 Å². The lowest BCUT2D eigenvalue weighted by molar-refractivity contribution is -0.117. The van der Waals surface area contributed by atoms with Gasteiger partial charge in [-0.1, -0.05) is 37.3 Å². The van der Waals surface area contributed by atoms with E-state index >= 15 is 0 Å². The van der Waals surface area contributed by atoms with Crippen molar-refractivity contribution >= 4 is 17.2 Å². The van der Waals surface area contributed by atoms with E-state index in [1.54, 1.807) is 24.8 Å². The molecule has 0 spiro atoms. The van der Waals surface area contributed by atoms with Gasteiger partial charge in [0.15, 0.2) is 5.65 Å². The molecule has 0 aliphatic heterocycles. The Bertz CT molecular complexity index is 1200. The second kappa shape index (κ2) is 8.87. The third-order valence-corrected chi connectivity index (χ3v) is 5.18. The first-order chi connectivity index (χ1) is 15.1. The van der Waals surface area contributed by atoms with Crippen molar-refractivity contribution in [2.24, 2.45) is 0 Å². The number of nitrogens with zero attached hydrogens (tertiary/aromatic N) is 3. The molecule has 1 atom stereocenters. The van der Waals surface area contributed by atoms with Crippen LogP contribution >= 0.6 is 0 Å². The fourth-order valence-electron chi connectivity index (χ4n) is 3.56. The minimum Gasteiger partial charge on any atom is -0.495 e. The van der Waals surface area contributed by atoms with Gasteiger partial charge in [-0.15, -0.1) is 5.10 Å². The second-order valence-electron chi connectivity index (χ2n) is 7.08. The van der Waals surface area contributed by atoms with E-state index in [1.165, 1.54) is 0 Å². The summed E-state index contributed by atoms with van der Waals surface area (Å²) in [4.78, 5) is 17.7. The van der Waals surface area contributed by atoms with E-state index in [9.17, 15) is 4.79 Å². The molecule has 0 saturated heterocycles. The second-order valence-corrected chi connectivity index (χ2v) is 7.08. The van der Waals surface area contributed by atoms with Gasteiger partial charge in [-0.3, -0.25) is 4.79 Å². The van der Waals surface area contributed by atoms with Crippen LogP contribution in [-0.2, 0) is 4.79 Å². The third-order valence-electron chi connectivity index (χ3n) is 5.18. The minimum absolute atomic E-state index is 0.0782. The topological polar surface area (TPSA) is 77.8 Å². The maximum atomic E-state index is 13.1. The lowest BCUT2D eigenvalue weighted by atomic mass is 9.95. The molecule has 4 aromatic rings. The van der Waals surface area contributed by atoms with Gasteiger partial charge in [0, 0.05) is 11.6 Å². The van der Waals surface area contributed by atoms with Gasteiger partial charge in [-0.05, 0) is 36.2 Å². The Morgan fingerprint density at radius 3 is 2.58 bits per heavy atom. The number of carbonyl (C=O) groups is 1. The summed E-state index contributed by atoms with van der Waals surface area (Å²) in [6, 6.07) is 19.0. The molecule has 2 aromatic heterocycles. The van der Waals surface area contributed by atoms with Gasteiger partial charge in [-0.2, -0.15) is 0 Å². The van der Waals surface area contributed by atoms with Gasteiger partial charge in [-0.25, -0.2) is 9.50 Å². The van der Waals surface area contributed by atoms with Crippen molar-refractivity contribution < 1.29 is 14.3 Å². The van der Waals surface area contributed by atoms with E-state index < -0.39 is 0 Å². The number of hydrogen-bond acceptors (Lipinski definition) is 5. The predicted molar refractivity (Wildman–Crippen MR) is 120 cm³/mol. The van der Waals surface area contributed by atoms with Crippen molar-refractivity contribution in [1.29, 1.82) is 0 Å². The summed E-state index contributed by atoms with van der Waals surface area (Å²) in [5.74, 6) is 0.765. The van der Waals surface area contributed by atoms with Crippen LogP contribution in [-0.4, -0.2) is 34.7 Å². The van der Waals surface area contributed by atoms with Crippen LogP contribution in [0.3, 0.4) is 0 Å². The Morgan fingerprint density at radius 1 is 1.06 bits per heavy atom. The van der Waals surface area contributed by atoms with Crippen molar-refractivity contribution in [2.45, 2.75) is 19.3 Å². The van der Waals surface area contributed by atoms with E-state index in [0.29, 0.717) is 29.4 Å². The zero-order chi connectivity index (χ0) is 21.8. The summed E-state index contributed by atoms with van der Waals surface area (Å²) in [7, 11) is 3.16. The number of fused-ring (bicyclic) bond motifs is 1. The van der Waals surface area contributed by atoms with Crippen LogP contribution in [0.4, 0.5) is 5.69 Å². The van der Waals surface area contributed by atoms with Crippen LogP contribution in [0.25, 0.3) is 16.9 Å². The highest BCUT2D eigenvalue weighted by Crippen LogP contribution is 2.32. The van der Waals surface area contributed by atoms with E-state index in [4.69, 9.17) is 9.47 Å². The number of carbonyl (C=O) groups excluding carboxylic acids is 1. The summed E-state index contributed by atoms with van der Waals surface area (Å²) in [6.07, 6.45) is 2.52. The van der Waals surface area contributed by atoms with Crippen LogP contribution < -0.4 is 14.8 Å². The maximum Gasteiger partial charge on any atom is 0.232 e. The third kappa shape index (κ3) is 4.21. The summed E-state index contributed by atoms with van der Waals surface area (Å²) in [6.45, 7) is 2.00. The summed E-state index contributed by atoms with van der Waals surface area (Å²) >= 11 is 0. The number of amides is 1. The summed E-state index contributed by atoms with van der Waals surface area (Å²) in [5, 5.41) is 7.39. The van der Waals surface area contributed by atoms with E-state index in [-0.39, 0.29) is 11.8 Å². The minimum atomic E-state index is -0.249. The van der Waals surface area contributed by atoms with Gasteiger partial charge in [0.1, 0.15) is 5.75 Å². The first-order valence-corrected chi connectivity index (χ1v) is 10.1. The predicted octanol–water partition coefficient (Wildman–Crippen LogP) is 4.55. The zero-order valence-corrected chi connectivity index (χ0v) is 17.7. The standard InChI is InChI=1S/C24H24N4O3/c1-4-18(16-8-6-5-7-9-16)24(29)26-19-14-17(10-11-21(19)30-2)20-15-28-22(25-20)12-13-23(27-28)31-3/h5-15,18H,4H2,1-3H3,(H,26,29)/t18-/m1/s1. The molecule has 0 unspecified atom stereocenters. The molecule has 7 heteroatoms. The fourth-order valence-corrected chi connectivity index (χ4v) is 3.56. The van der Waals surface area contributed by atoms with Crippen LogP contribution in [0.2, 0.25) is 0 Å². The number of anilines is 1. The molecule has 2 heterocycles. The van der Waals surface area contributed by atoms with Crippen molar-refractivity contribution in [2.75, 3.05) is 19.5 Å². The molecule has 31 heavy (non-hydrogen) atoms. The fraction of sp³-hybridized carbons (Fsp3) is 0.208. The molecular weight excluding hydrogens is 392 g/mol. The number of benzene rings is 2. The molecule has 1 amide bonds. The van der Waals surface area contributed by atoms with E-state index in [1.807, 2.05) is 67.7 Å². The van der Waals surface area contributed by atoms with E-state index in [2.05, 4.69) is 15.4 Å². The molecular formula is C24H24N4O3. The molecule has 7 nitrogen and oxygen atoms in total. The number of hydrogen-bond donors (Lipinski definition) is 1. The molecule has 0 aliphatic rings. The Kier molecular flexibility index (Phi) is 5.84. The summed E-state index contributed by atoms with van der Waals surface area (Å²) < 4.78 is 12.3. The van der Waals surface area contributed by atoms with Gasteiger partial charge in [0.25, 0.3) is 0 Å². The number of rotatable bonds is 7. The summed E-state index contributed by atoms with van der Waals surface area (Å²) in [5.41, 5.74) is 3.86. The first-order valence-electron chi connectivity index (χ1n) is 10.1. The molecule has 158 valence electrons. The number of aromatic nitrogens is 3. The van der Waals surface area contributed by atoms with Gasteiger partial charge < -0.3 is 14.8 Å². The Labute approximate surface area is 180 Å². The Morgan fingerprint density at radius 2 is 1.87 bits per heavy atom. The molecule has 0 aliphatic carbocycles. The van der Waals surface area contributed by atoms with Gasteiger partial charge in [0.05, 0.1) is 37.7 Å². The smallest absolute Gasteiger partial charge is 0.232 e. The number of ether oxygens (including phenoxy) is 2. The maximum absolute atomic E-state index is 13.1. The van der Waals surface area contributed by atoms with Crippen molar-refractivity contribution in [1.82, 2.24) is 14.6 Å². The highest BCUT2D eigenvalue weighted by Gasteiger charge is 2.20. The number of imidazole rings is 1. The first kappa shape index (κ1) is 20.4. The largest absolute Gasteiger partial charge is 0.495 e. The lowest BCUT2D eigenvalue weighted by Gasteiger charge is -2.17. The van der Waals surface area contributed by atoms with Crippen LogP contribution in [0.15, 0.2) is 66.9 Å². The Balaban J connectivity index is 1.65. The van der Waals surface area contributed by atoms with Gasteiger partial charge >= 0.3 is 0 Å². The average Bonchev–Trinajstić information content (AvgIpc) is 3.23. The SMILES string of the molecule is CC[C@@H](C(=O)Nc1cc(-c2cn3nc(OC)ccc3n2)ccc1OC)c1ccccc1. The van der Waals surface area contributed by atoms with E-state index in [0.717, 1.165) is 16.8 Å². The number of methoxy groups -OCH3 is 2. The molecule has 1 N–H and O–H groups in total. The molecule has 0 fully saturated rings. The highest BCUT2D eigenvalue weighted by atomic mass is 16.5. The zero-order valence-electron chi connectivity index (χ0n) is 17.7. The van der Waals surface area contributed by atoms with Gasteiger partial charge in [0.2, 0.25) is 11.8 Å². The lowest BCUT2D eigenvalue weighted by Crippen LogP contribution is -2.21.